The van der Waals surface area contributed by atoms with E-state index in [4.69, 9.17) is 9.47 Å². The SMILES string of the molecule is CC#CC(CC(=O)OCC)c1ccc(OCc2ccc3scc(-c4ccc(CC5CCN(C(=O)O)CC5)cc4C)c3c2)cc1. The number of carbonyl (C=O) groups excluding carboxylic acids is 1. The van der Waals surface area contributed by atoms with Crippen molar-refractivity contribution in [2.75, 3.05) is 19.7 Å². The molecule has 0 aliphatic carbocycles. The minimum absolute atomic E-state index is 0.206. The lowest BCUT2D eigenvalue weighted by Crippen LogP contribution is -2.37. The summed E-state index contributed by atoms with van der Waals surface area (Å²) in [5, 5.41) is 12.7. The molecule has 6 nitrogen and oxygen atoms in total. The zero-order chi connectivity index (χ0) is 31.1. The molecule has 1 saturated heterocycles. The van der Waals surface area contributed by atoms with Gasteiger partial charge in [0.15, 0.2) is 0 Å². The second-order valence-electron chi connectivity index (χ2n) is 11.4. The number of piperidine rings is 1. The van der Waals surface area contributed by atoms with Gasteiger partial charge >= 0.3 is 12.1 Å². The molecule has 3 aromatic carbocycles. The van der Waals surface area contributed by atoms with Crippen molar-refractivity contribution in [1.29, 1.82) is 0 Å². The number of rotatable bonds is 10. The number of benzene rings is 3. The van der Waals surface area contributed by atoms with E-state index in [0.29, 0.717) is 32.2 Å². The third kappa shape index (κ3) is 7.62. The highest BCUT2D eigenvalue weighted by Crippen LogP contribution is 2.37. The maximum Gasteiger partial charge on any atom is 0.407 e. The Hall–Kier alpha value is -4.28. The predicted molar refractivity (Wildman–Crippen MR) is 176 cm³/mol. The van der Waals surface area contributed by atoms with E-state index in [1.807, 2.05) is 24.3 Å². The van der Waals surface area contributed by atoms with Crippen LogP contribution in [0, 0.1) is 24.7 Å². The Balaban J connectivity index is 1.24. The largest absolute Gasteiger partial charge is 0.489 e. The van der Waals surface area contributed by atoms with Crippen molar-refractivity contribution in [2.45, 2.75) is 59.0 Å². The van der Waals surface area contributed by atoms with Crippen LogP contribution in [0.15, 0.2) is 66.0 Å². The van der Waals surface area contributed by atoms with Gasteiger partial charge in [0.1, 0.15) is 12.4 Å². The molecule has 1 aliphatic heterocycles. The molecule has 2 heterocycles. The van der Waals surface area contributed by atoms with E-state index < -0.39 is 6.09 Å². The maximum absolute atomic E-state index is 12.0. The van der Waals surface area contributed by atoms with E-state index in [2.05, 4.69) is 60.5 Å². The summed E-state index contributed by atoms with van der Waals surface area (Å²) < 4.78 is 12.5. The molecule has 1 fully saturated rings. The number of nitrogens with zero attached hydrogens (tertiary/aromatic N) is 1. The van der Waals surface area contributed by atoms with Gasteiger partial charge in [-0.1, -0.05) is 42.3 Å². The molecule has 0 bridgehead atoms. The fraction of sp³-hybridized carbons (Fsp3) is 0.351. The number of likely N-dealkylation sites (tertiary alicyclic amines) is 1. The van der Waals surface area contributed by atoms with Crippen LogP contribution in [0.25, 0.3) is 21.2 Å². The van der Waals surface area contributed by atoms with Gasteiger partial charge in [-0.05, 0) is 103 Å². The fourth-order valence-electron chi connectivity index (χ4n) is 5.97. The molecule has 4 aromatic rings. The molecule has 1 amide bonds. The predicted octanol–water partition coefficient (Wildman–Crippen LogP) is 8.45. The number of amides is 1. The molecule has 5 rings (SSSR count). The average molecular weight is 610 g/mol. The highest BCUT2D eigenvalue weighted by molar-refractivity contribution is 7.17. The summed E-state index contributed by atoms with van der Waals surface area (Å²) in [7, 11) is 0. The van der Waals surface area contributed by atoms with Gasteiger partial charge in [-0.15, -0.1) is 17.3 Å². The van der Waals surface area contributed by atoms with Crippen LogP contribution in [0.1, 0.15) is 61.3 Å². The van der Waals surface area contributed by atoms with Crippen LogP contribution in [-0.2, 0) is 22.6 Å². The number of thiophene rings is 1. The zero-order valence-electron chi connectivity index (χ0n) is 25.6. The Kier molecular flexibility index (Phi) is 10.2. The van der Waals surface area contributed by atoms with Crippen molar-refractivity contribution in [3.63, 3.8) is 0 Å². The molecule has 228 valence electrons. The average Bonchev–Trinajstić information content (AvgIpc) is 3.43. The van der Waals surface area contributed by atoms with Crippen molar-refractivity contribution in [3.05, 3.63) is 88.3 Å². The van der Waals surface area contributed by atoms with E-state index in [9.17, 15) is 14.7 Å². The Morgan fingerprint density at radius 3 is 2.45 bits per heavy atom. The van der Waals surface area contributed by atoms with Crippen LogP contribution in [0.4, 0.5) is 4.79 Å². The number of ether oxygens (including phenoxy) is 2. The molecule has 1 atom stereocenters. The van der Waals surface area contributed by atoms with Crippen molar-refractivity contribution in [1.82, 2.24) is 4.90 Å². The first kappa shape index (κ1) is 31.2. The van der Waals surface area contributed by atoms with Crippen molar-refractivity contribution in [2.24, 2.45) is 5.92 Å². The summed E-state index contributed by atoms with van der Waals surface area (Å²) in [6.45, 7) is 7.82. The van der Waals surface area contributed by atoms with E-state index in [-0.39, 0.29) is 18.3 Å². The minimum atomic E-state index is -0.810. The number of aryl methyl sites for hydroxylation is 1. The van der Waals surface area contributed by atoms with Crippen LogP contribution in [0.3, 0.4) is 0 Å². The number of fused-ring (bicyclic) bond motifs is 1. The molecular formula is C37H39NO5S. The molecule has 1 aromatic heterocycles. The lowest BCUT2D eigenvalue weighted by molar-refractivity contribution is -0.143. The highest BCUT2D eigenvalue weighted by atomic mass is 32.1. The molecule has 7 heteroatoms. The topological polar surface area (TPSA) is 76.1 Å². The lowest BCUT2D eigenvalue weighted by atomic mass is 9.88. The Morgan fingerprint density at radius 1 is 1.02 bits per heavy atom. The third-order valence-corrected chi connectivity index (χ3v) is 9.27. The molecular weight excluding hydrogens is 570 g/mol. The van der Waals surface area contributed by atoms with Gasteiger partial charge in [-0.25, -0.2) is 4.79 Å². The van der Waals surface area contributed by atoms with Crippen LogP contribution in [0.2, 0.25) is 0 Å². The third-order valence-electron chi connectivity index (χ3n) is 8.31. The molecule has 1 N–H and O–H groups in total. The zero-order valence-corrected chi connectivity index (χ0v) is 26.4. The standard InChI is InChI=1S/C37H39NO5S/c1-4-6-30(22-36(39)42-5-2)29-9-11-31(12-10-29)43-23-28-8-14-35-33(21-28)34(24-44-35)32-13-7-27(19-25(32)3)20-26-15-17-38(18-16-26)37(40)41/h7-14,19,21,24,26,30H,5,15-18,20,22-23H2,1-3H3,(H,40,41). The number of hydrogen-bond donors (Lipinski definition) is 1. The van der Waals surface area contributed by atoms with Gasteiger partial charge in [-0.2, -0.15) is 0 Å². The van der Waals surface area contributed by atoms with Crippen molar-refractivity contribution in [3.8, 4) is 28.7 Å². The summed E-state index contributed by atoms with van der Waals surface area (Å²) in [6, 6.07) is 21.1. The van der Waals surface area contributed by atoms with Crippen molar-refractivity contribution < 1.29 is 24.2 Å². The van der Waals surface area contributed by atoms with Gasteiger partial charge < -0.3 is 19.5 Å². The first-order valence-corrected chi connectivity index (χ1v) is 16.1. The summed E-state index contributed by atoms with van der Waals surface area (Å²) in [5.74, 6) is 6.88. The lowest BCUT2D eigenvalue weighted by Gasteiger charge is -2.30. The van der Waals surface area contributed by atoms with Gasteiger partial charge in [0, 0.05) is 28.7 Å². The number of carbonyl (C=O) groups is 2. The molecule has 0 saturated carbocycles. The summed E-state index contributed by atoms with van der Waals surface area (Å²) in [5.41, 5.74) is 7.10. The summed E-state index contributed by atoms with van der Waals surface area (Å²) in [6.07, 6.45) is 2.24. The van der Waals surface area contributed by atoms with Crippen LogP contribution in [-0.4, -0.2) is 41.8 Å². The normalized spacial score (nSPS) is 14.1. The molecule has 1 aliphatic rings. The second kappa shape index (κ2) is 14.5. The van der Waals surface area contributed by atoms with Gasteiger partial charge in [0.05, 0.1) is 18.9 Å². The van der Waals surface area contributed by atoms with E-state index in [1.165, 1.54) is 37.2 Å². The number of esters is 1. The molecule has 44 heavy (non-hydrogen) atoms. The second-order valence-corrected chi connectivity index (χ2v) is 12.3. The molecule has 1 unspecified atom stereocenters. The number of carboxylic acid groups (broad SMARTS) is 1. The summed E-state index contributed by atoms with van der Waals surface area (Å²) >= 11 is 1.75. The highest BCUT2D eigenvalue weighted by Gasteiger charge is 2.22. The Labute approximate surface area is 263 Å². The fourth-order valence-corrected chi connectivity index (χ4v) is 6.91. The smallest absolute Gasteiger partial charge is 0.407 e. The monoisotopic (exact) mass is 609 g/mol. The van der Waals surface area contributed by atoms with Crippen LogP contribution in [0.5, 0.6) is 5.75 Å². The van der Waals surface area contributed by atoms with E-state index in [1.54, 1.807) is 25.2 Å². The van der Waals surface area contributed by atoms with Gasteiger partial charge in [0.25, 0.3) is 0 Å². The van der Waals surface area contributed by atoms with Crippen LogP contribution < -0.4 is 4.74 Å². The first-order chi connectivity index (χ1) is 21.3. The van der Waals surface area contributed by atoms with E-state index >= 15 is 0 Å². The van der Waals surface area contributed by atoms with Gasteiger partial charge in [-0.3, -0.25) is 4.79 Å². The van der Waals surface area contributed by atoms with E-state index in [0.717, 1.165) is 36.1 Å². The van der Waals surface area contributed by atoms with Crippen molar-refractivity contribution >= 4 is 33.5 Å². The molecule has 0 spiro atoms. The molecule has 0 radical (unpaired) electrons. The first-order valence-electron chi connectivity index (χ1n) is 15.2. The number of hydrogen-bond acceptors (Lipinski definition) is 5. The van der Waals surface area contributed by atoms with Gasteiger partial charge in [0.2, 0.25) is 0 Å². The minimum Gasteiger partial charge on any atom is -0.489 e. The summed E-state index contributed by atoms with van der Waals surface area (Å²) in [4.78, 5) is 24.8. The Morgan fingerprint density at radius 2 is 1.77 bits per heavy atom. The Bertz CT molecular complexity index is 1670. The quantitative estimate of drug-likeness (QED) is 0.144. The maximum atomic E-state index is 12.0. The van der Waals surface area contributed by atoms with Crippen LogP contribution >= 0.6 is 11.3 Å².